The molecule has 7 heteroatoms. The molecule has 0 aliphatic rings. The van der Waals surface area contributed by atoms with E-state index in [1.807, 2.05) is 62.7 Å². The summed E-state index contributed by atoms with van der Waals surface area (Å²) < 4.78 is 1.82. The number of hydrogen-bond donors (Lipinski definition) is 2. The molecule has 3 aromatic rings. The Morgan fingerprint density at radius 3 is 2.38 bits per heavy atom. The van der Waals surface area contributed by atoms with Crippen molar-refractivity contribution in [2.75, 3.05) is 13.1 Å². The number of carbonyl (C=O) groups is 2. The minimum absolute atomic E-state index is 0.0323. The van der Waals surface area contributed by atoms with Gasteiger partial charge in [0, 0.05) is 30.6 Å². The molecule has 29 heavy (non-hydrogen) atoms. The summed E-state index contributed by atoms with van der Waals surface area (Å²) in [4.78, 5) is 29.3. The molecule has 0 saturated carbocycles. The Hall–Kier alpha value is -3.22. The Bertz CT molecular complexity index is 1010. The van der Waals surface area contributed by atoms with Crippen molar-refractivity contribution in [1.29, 1.82) is 0 Å². The number of pyridine rings is 1. The maximum Gasteiger partial charge on any atom is 0.252 e. The quantitative estimate of drug-likeness (QED) is 0.604. The molecular formula is C22H27N5O2. The lowest BCUT2D eigenvalue weighted by Crippen LogP contribution is -2.36. The van der Waals surface area contributed by atoms with Crippen molar-refractivity contribution in [3.05, 3.63) is 48.2 Å². The van der Waals surface area contributed by atoms with E-state index in [1.54, 1.807) is 12.3 Å². The highest BCUT2D eigenvalue weighted by Crippen LogP contribution is 2.26. The molecule has 0 atom stereocenters. The number of nitrogens with zero attached hydrogens (tertiary/aromatic N) is 3. The molecule has 1 aromatic carbocycles. The molecule has 0 saturated heterocycles. The molecule has 0 bridgehead atoms. The van der Waals surface area contributed by atoms with Gasteiger partial charge in [-0.1, -0.05) is 44.2 Å². The minimum Gasteiger partial charge on any atom is -0.354 e. The smallest absolute Gasteiger partial charge is 0.252 e. The van der Waals surface area contributed by atoms with E-state index in [4.69, 9.17) is 4.98 Å². The highest BCUT2D eigenvalue weighted by molar-refractivity contribution is 6.06. The SMILES string of the molecule is CC(C)C(=O)NCCNC(=O)c1cc(-c2ccccc2)nc2c1cnn2C(C)C. The largest absolute Gasteiger partial charge is 0.354 e. The Morgan fingerprint density at radius 2 is 1.72 bits per heavy atom. The lowest BCUT2D eigenvalue weighted by molar-refractivity contribution is -0.123. The molecule has 0 spiro atoms. The van der Waals surface area contributed by atoms with Gasteiger partial charge in [-0.2, -0.15) is 5.10 Å². The number of carbonyl (C=O) groups excluding carboxylic acids is 2. The van der Waals surface area contributed by atoms with Crippen LogP contribution in [-0.2, 0) is 4.79 Å². The zero-order valence-corrected chi connectivity index (χ0v) is 17.3. The van der Waals surface area contributed by atoms with Crippen LogP contribution in [0.3, 0.4) is 0 Å². The van der Waals surface area contributed by atoms with Gasteiger partial charge in [-0.25, -0.2) is 9.67 Å². The third-order valence-electron chi connectivity index (χ3n) is 4.60. The van der Waals surface area contributed by atoms with Crippen LogP contribution < -0.4 is 10.6 Å². The molecule has 2 N–H and O–H groups in total. The Morgan fingerprint density at radius 1 is 1.03 bits per heavy atom. The van der Waals surface area contributed by atoms with E-state index in [0.717, 1.165) is 11.3 Å². The fraction of sp³-hybridized carbons (Fsp3) is 0.364. The number of aromatic nitrogens is 3. The molecule has 2 heterocycles. The second kappa shape index (κ2) is 8.86. The summed E-state index contributed by atoms with van der Waals surface area (Å²) in [6, 6.07) is 11.7. The standard InChI is InChI=1S/C22H27N5O2/c1-14(2)21(28)23-10-11-24-22(29)17-12-19(16-8-6-5-7-9-16)26-20-18(17)13-25-27(20)15(3)4/h5-9,12-15H,10-11H2,1-4H3,(H,23,28)(H,24,29). The molecule has 0 radical (unpaired) electrons. The molecule has 3 rings (SSSR count). The fourth-order valence-electron chi connectivity index (χ4n) is 3.00. The van der Waals surface area contributed by atoms with Gasteiger partial charge in [-0.3, -0.25) is 9.59 Å². The van der Waals surface area contributed by atoms with Gasteiger partial charge >= 0.3 is 0 Å². The summed E-state index contributed by atoms with van der Waals surface area (Å²) in [6.45, 7) is 8.45. The van der Waals surface area contributed by atoms with E-state index in [1.165, 1.54) is 0 Å². The first-order valence-electron chi connectivity index (χ1n) is 9.88. The number of hydrogen-bond acceptors (Lipinski definition) is 4. The van der Waals surface area contributed by atoms with Crippen LogP contribution in [0.1, 0.15) is 44.1 Å². The molecule has 0 unspecified atom stereocenters. The lowest BCUT2D eigenvalue weighted by atomic mass is 10.1. The van der Waals surface area contributed by atoms with Crippen LogP contribution in [-0.4, -0.2) is 39.7 Å². The maximum atomic E-state index is 12.9. The maximum absolute atomic E-state index is 12.9. The third kappa shape index (κ3) is 4.62. The molecular weight excluding hydrogens is 366 g/mol. The van der Waals surface area contributed by atoms with Crippen LogP contribution in [0.25, 0.3) is 22.3 Å². The summed E-state index contributed by atoms with van der Waals surface area (Å²) in [5.41, 5.74) is 2.86. The van der Waals surface area contributed by atoms with Crippen molar-refractivity contribution < 1.29 is 9.59 Å². The van der Waals surface area contributed by atoms with Crippen LogP contribution >= 0.6 is 0 Å². The number of rotatable bonds is 7. The average molecular weight is 393 g/mol. The van der Waals surface area contributed by atoms with Gasteiger partial charge in [0.25, 0.3) is 5.91 Å². The van der Waals surface area contributed by atoms with E-state index in [-0.39, 0.29) is 23.8 Å². The van der Waals surface area contributed by atoms with Gasteiger partial charge in [0.05, 0.1) is 22.8 Å². The zero-order valence-electron chi connectivity index (χ0n) is 17.3. The predicted molar refractivity (Wildman–Crippen MR) is 114 cm³/mol. The van der Waals surface area contributed by atoms with Crippen molar-refractivity contribution in [2.24, 2.45) is 5.92 Å². The Kier molecular flexibility index (Phi) is 6.26. The van der Waals surface area contributed by atoms with Gasteiger partial charge in [0.1, 0.15) is 0 Å². The summed E-state index contributed by atoms with van der Waals surface area (Å²) >= 11 is 0. The van der Waals surface area contributed by atoms with Crippen molar-refractivity contribution >= 4 is 22.8 Å². The van der Waals surface area contributed by atoms with Gasteiger partial charge in [0.2, 0.25) is 5.91 Å². The number of nitrogens with one attached hydrogen (secondary N) is 2. The third-order valence-corrected chi connectivity index (χ3v) is 4.60. The van der Waals surface area contributed by atoms with E-state index in [9.17, 15) is 9.59 Å². The summed E-state index contributed by atoms with van der Waals surface area (Å²) in [7, 11) is 0. The van der Waals surface area contributed by atoms with E-state index >= 15 is 0 Å². The first-order chi connectivity index (χ1) is 13.9. The van der Waals surface area contributed by atoms with Crippen molar-refractivity contribution in [3.8, 4) is 11.3 Å². The Balaban J connectivity index is 1.89. The second-order valence-electron chi connectivity index (χ2n) is 7.54. The Labute approximate surface area is 170 Å². The molecule has 0 aliphatic heterocycles. The zero-order chi connectivity index (χ0) is 21.0. The first-order valence-corrected chi connectivity index (χ1v) is 9.88. The molecule has 0 fully saturated rings. The summed E-state index contributed by atoms with van der Waals surface area (Å²) in [5, 5.41) is 10.8. The summed E-state index contributed by atoms with van der Waals surface area (Å²) in [5.74, 6) is -0.326. The van der Waals surface area contributed by atoms with Crippen LogP contribution in [0, 0.1) is 5.92 Å². The molecule has 2 aromatic heterocycles. The van der Waals surface area contributed by atoms with Crippen molar-refractivity contribution in [1.82, 2.24) is 25.4 Å². The molecule has 7 nitrogen and oxygen atoms in total. The average Bonchev–Trinajstić information content (AvgIpc) is 3.15. The van der Waals surface area contributed by atoms with Crippen LogP contribution in [0.2, 0.25) is 0 Å². The second-order valence-corrected chi connectivity index (χ2v) is 7.54. The molecule has 0 aliphatic carbocycles. The van der Waals surface area contributed by atoms with E-state index < -0.39 is 0 Å². The van der Waals surface area contributed by atoms with Crippen LogP contribution in [0.15, 0.2) is 42.6 Å². The molecule has 2 amide bonds. The monoisotopic (exact) mass is 393 g/mol. The van der Waals surface area contributed by atoms with Gasteiger partial charge < -0.3 is 10.6 Å². The number of benzene rings is 1. The highest BCUT2D eigenvalue weighted by atomic mass is 16.2. The van der Waals surface area contributed by atoms with Crippen molar-refractivity contribution in [2.45, 2.75) is 33.7 Å². The van der Waals surface area contributed by atoms with Crippen LogP contribution in [0.4, 0.5) is 0 Å². The topological polar surface area (TPSA) is 88.9 Å². The van der Waals surface area contributed by atoms with Crippen molar-refractivity contribution in [3.63, 3.8) is 0 Å². The summed E-state index contributed by atoms with van der Waals surface area (Å²) in [6.07, 6.45) is 1.69. The fourth-order valence-corrected chi connectivity index (χ4v) is 3.00. The number of fused-ring (bicyclic) bond motifs is 1. The van der Waals surface area contributed by atoms with E-state index in [0.29, 0.717) is 29.7 Å². The normalized spacial score (nSPS) is 11.2. The molecule has 152 valence electrons. The van der Waals surface area contributed by atoms with Crippen LogP contribution in [0.5, 0.6) is 0 Å². The minimum atomic E-state index is -0.211. The first kappa shape index (κ1) is 20.5. The van der Waals surface area contributed by atoms with Gasteiger partial charge in [-0.15, -0.1) is 0 Å². The highest BCUT2D eigenvalue weighted by Gasteiger charge is 2.18. The number of amides is 2. The van der Waals surface area contributed by atoms with Gasteiger partial charge in [-0.05, 0) is 19.9 Å². The van der Waals surface area contributed by atoms with E-state index in [2.05, 4.69) is 15.7 Å². The van der Waals surface area contributed by atoms with Gasteiger partial charge in [0.15, 0.2) is 5.65 Å². The predicted octanol–water partition coefficient (Wildman–Crippen LogP) is 3.18. The lowest BCUT2D eigenvalue weighted by Gasteiger charge is -2.12.